The summed E-state index contributed by atoms with van der Waals surface area (Å²) in [4.78, 5) is 16.2. The maximum atomic E-state index is 11.8. The Morgan fingerprint density at radius 3 is 2.82 bits per heavy atom. The summed E-state index contributed by atoms with van der Waals surface area (Å²) in [6, 6.07) is 5.62. The number of hydrogen-bond acceptors (Lipinski definition) is 6. The molecule has 0 saturated heterocycles. The zero-order chi connectivity index (χ0) is 15.0. The van der Waals surface area contributed by atoms with Gasteiger partial charge in [-0.1, -0.05) is 0 Å². The average Bonchev–Trinajstić information content (AvgIpc) is 3.04. The lowest BCUT2D eigenvalue weighted by molar-refractivity contribution is -0.120. The molecule has 0 spiro atoms. The first-order valence-electron chi connectivity index (χ1n) is 6.39. The van der Waals surface area contributed by atoms with Gasteiger partial charge in [-0.15, -0.1) is 23.7 Å². The van der Waals surface area contributed by atoms with E-state index >= 15 is 0 Å². The number of thiazole rings is 1. The van der Waals surface area contributed by atoms with Crippen LogP contribution in [-0.4, -0.2) is 23.2 Å². The molecule has 8 heteroatoms. The van der Waals surface area contributed by atoms with Gasteiger partial charge in [-0.3, -0.25) is 4.79 Å². The molecule has 6 nitrogen and oxygen atoms in total. The Morgan fingerprint density at radius 1 is 1.36 bits per heavy atom. The van der Waals surface area contributed by atoms with Gasteiger partial charge in [0.1, 0.15) is 0 Å². The highest BCUT2D eigenvalue weighted by Crippen LogP contribution is 2.36. The van der Waals surface area contributed by atoms with Crippen LogP contribution in [0.3, 0.4) is 0 Å². The van der Waals surface area contributed by atoms with Gasteiger partial charge in [0, 0.05) is 10.9 Å². The Kier molecular flexibility index (Phi) is 4.60. The van der Waals surface area contributed by atoms with E-state index in [4.69, 9.17) is 15.2 Å². The van der Waals surface area contributed by atoms with Gasteiger partial charge >= 0.3 is 0 Å². The lowest BCUT2D eigenvalue weighted by Crippen LogP contribution is -2.45. The lowest BCUT2D eigenvalue weighted by atomic mass is 10.1. The van der Waals surface area contributed by atoms with Gasteiger partial charge in [0.25, 0.3) is 0 Å². The number of nitrogens with zero attached hydrogens (tertiary/aromatic N) is 1. The molecule has 0 fully saturated rings. The standard InChI is InChI=1S/C14H15N3O3S.ClH/c1-14(2,15)12(18)17-13-16-9(6-21-13)8-3-4-10-11(5-8)20-7-19-10;/h3-6H,7,15H2,1-2H3,(H,16,17,18);1H. The molecule has 0 aliphatic carbocycles. The molecule has 0 unspecified atom stereocenters. The Bertz CT molecular complexity index is 697. The van der Waals surface area contributed by atoms with E-state index in [2.05, 4.69) is 10.3 Å². The molecule has 118 valence electrons. The molecule has 0 atom stereocenters. The monoisotopic (exact) mass is 341 g/mol. The van der Waals surface area contributed by atoms with Gasteiger partial charge in [0.2, 0.25) is 12.7 Å². The zero-order valence-corrected chi connectivity index (χ0v) is 13.7. The summed E-state index contributed by atoms with van der Waals surface area (Å²) in [5, 5.41) is 5.10. The van der Waals surface area contributed by atoms with Crippen LogP contribution in [0.4, 0.5) is 5.13 Å². The van der Waals surface area contributed by atoms with E-state index < -0.39 is 5.54 Å². The molecule has 1 aromatic heterocycles. The molecule has 22 heavy (non-hydrogen) atoms. The maximum Gasteiger partial charge on any atom is 0.245 e. The van der Waals surface area contributed by atoms with E-state index in [1.807, 2.05) is 23.6 Å². The van der Waals surface area contributed by atoms with Crippen molar-refractivity contribution in [3.63, 3.8) is 0 Å². The van der Waals surface area contributed by atoms with Crippen LogP contribution < -0.4 is 20.5 Å². The van der Waals surface area contributed by atoms with E-state index in [0.717, 1.165) is 17.0 Å². The fourth-order valence-electron chi connectivity index (χ4n) is 1.78. The minimum absolute atomic E-state index is 0. The summed E-state index contributed by atoms with van der Waals surface area (Å²) in [6.45, 7) is 3.53. The van der Waals surface area contributed by atoms with Crippen LogP contribution in [-0.2, 0) is 4.79 Å². The number of fused-ring (bicyclic) bond motifs is 1. The van der Waals surface area contributed by atoms with Gasteiger partial charge < -0.3 is 20.5 Å². The summed E-state index contributed by atoms with van der Waals surface area (Å²) >= 11 is 1.35. The van der Waals surface area contributed by atoms with Crippen LogP contribution >= 0.6 is 23.7 Å². The Morgan fingerprint density at radius 2 is 2.09 bits per heavy atom. The molecule has 0 saturated carbocycles. The van der Waals surface area contributed by atoms with E-state index in [1.165, 1.54) is 11.3 Å². The fourth-order valence-corrected chi connectivity index (χ4v) is 2.49. The minimum atomic E-state index is -0.940. The highest BCUT2D eigenvalue weighted by atomic mass is 35.5. The van der Waals surface area contributed by atoms with Crippen molar-refractivity contribution >= 4 is 34.8 Å². The van der Waals surface area contributed by atoms with E-state index in [1.54, 1.807) is 13.8 Å². The van der Waals surface area contributed by atoms with E-state index in [9.17, 15) is 4.79 Å². The molecular weight excluding hydrogens is 326 g/mol. The third-order valence-electron chi connectivity index (χ3n) is 2.98. The smallest absolute Gasteiger partial charge is 0.245 e. The van der Waals surface area contributed by atoms with E-state index in [0.29, 0.717) is 10.9 Å². The summed E-state index contributed by atoms with van der Waals surface area (Å²) in [5.74, 6) is 1.16. The number of benzene rings is 1. The van der Waals surface area contributed by atoms with Crippen molar-refractivity contribution in [3.05, 3.63) is 23.6 Å². The van der Waals surface area contributed by atoms with Crippen molar-refractivity contribution < 1.29 is 14.3 Å². The maximum absolute atomic E-state index is 11.8. The third-order valence-corrected chi connectivity index (χ3v) is 3.74. The molecule has 1 amide bonds. The van der Waals surface area contributed by atoms with E-state index in [-0.39, 0.29) is 25.1 Å². The van der Waals surface area contributed by atoms with Crippen molar-refractivity contribution in [1.29, 1.82) is 0 Å². The van der Waals surface area contributed by atoms with Crippen LogP contribution in [0.15, 0.2) is 23.6 Å². The topological polar surface area (TPSA) is 86.5 Å². The Hall–Kier alpha value is -1.83. The minimum Gasteiger partial charge on any atom is -0.454 e. The quantitative estimate of drug-likeness (QED) is 0.896. The molecule has 3 rings (SSSR count). The number of aromatic nitrogens is 1. The normalized spacial score (nSPS) is 12.7. The molecule has 2 heterocycles. The molecule has 0 bridgehead atoms. The largest absolute Gasteiger partial charge is 0.454 e. The molecular formula is C14H16ClN3O3S. The van der Waals surface area contributed by atoms with Crippen LogP contribution in [0.2, 0.25) is 0 Å². The van der Waals surface area contributed by atoms with Crippen LogP contribution in [0.25, 0.3) is 11.3 Å². The highest BCUT2D eigenvalue weighted by Gasteiger charge is 2.23. The number of carbonyl (C=O) groups is 1. The van der Waals surface area contributed by atoms with Gasteiger partial charge in [-0.25, -0.2) is 4.98 Å². The van der Waals surface area contributed by atoms with Crippen molar-refractivity contribution in [2.75, 3.05) is 12.1 Å². The first kappa shape index (κ1) is 16.5. The SMILES string of the molecule is CC(C)(N)C(=O)Nc1nc(-c2ccc3c(c2)OCO3)cs1.Cl. The molecule has 3 N–H and O–H groups in total. The van der Waals surface area contributed by atoms with Crippen molar-refractivity contribution in [2.24, 2.45) is 5.73 Å². The fraction of sp³-hybridized carbons (Fsp3) is 0.286. The first-order valence-corrected chi connectivity index (χ1v) is 7.27. The molecule has 0 radical (unpaired) electrons. The van der Waals surface area contributed by atoms with Gasteiger partial charge in [-0.2, -0.15) is 0 Å². The van der Waals surface area contributed by atoms with Crippen LogP contribution in [0.5, 0.6) is 11.5 Å². The van der Waals surface area contributed by atoms with Crippen molar-refractivity contribution in [3.8, 4) is 22.8 Å². The highest BCUT2D eigenvalue weighted by molar-refractivity contribution is 7.14. The number of nitrogens with one attached hydrogen (secondary N) is 1. The van der Waals surface area contributed by atoms with Gasteiger partial charge in [0.15, 0.2) is 16.6 Å². The second-order valence-electron chi connectivity index (χ2n) is 5.28. The Balaban J connectivity index is 0.00000176. The van der Waals surface area contributed by atoms with Crippen LogP contribution in [0, 0.1) is 0 Å². The van der Waals surface area contributed by atoms with Gasteiger partial charge in [0.05, 0.1) is 11.2 Å². The summed E-state index contributed by atoms with van der Waals surface area (Å²) < 4.78 is 10.6. The number of rotatable bonds is 3. The molecule has 1 aromatic carbocycles. The zero-order valence-electron chi connectivity index (χ0n) is 12.1. The number of amides is 1. The predicted octanol–water partition coefficient (Wildman–Crippen LogP) is 2.64. The number of carbonyl (C=O) groups excluding carboxylic acids is 1. The predicted molar refractivity (Wildman–Crippen MR) is 87.8 cm³/mol. The summed E-state index contributed by atoms with van der Waals surface area (Å²) in [5.41, 5.74) is 6.47. The second-order valence-corrected chi connectivity index (χ2v) is 6.14. The van der Waals surface area contributed by atoms with Crippen molar-refractivity contribution in [1.82, 2.24) is 4.98 Å². The number of hydrogen-bond donors (Lipinski definition) is 2. The molecule has 1 aliphatic rings. The average molecular weight is 342 g/mol. The molecule has 1 aliphatic heterocycles. The summed E-state index contributed by atoms with van der Waals surface area (Å²) in [7, 11) is 0. The van der Waals surface area contributed by atoms with Crippen LogP contribution in [0.1, 0.15) is 13.8 Å². The number of halogens is 1. The van der Waals surface area contributed by atoms with Crippen molar-refractivity contribution in [2.45, 2.75) is 19.4 Å². The van der Waals surface area contributed by atoms with Gasteiger partial charge in [-0.05, 0) is 32.0 Å². The number of nitrogens with two attached hydrogens (primary N) is 1. The Labute approximate surface area is 138 Å². The number of anilines is 1. The summed E-state index contributed by atoms with van der Waals surface area (Å²) in [6.07, 6.45) is 0. The number of ether oxygens (including phenoxy) is 2. The molecule has 2 aromatic rings. The second kappa shape index (κ2) is 6.12. The lowest BCUT2D eigenvalue weighted by Gasteiger charge is -2.16. The third kappa shape index (κ3) is 3.32. The first-order chi connectivity index (χ1) is 9.93.